The molecule has 1 rings (SSSR count). The number of rotatable bonds is 6. The number of hydrogen-bond donors (Lipinski definition) is 1. The maximum Gasteiger partial charge on any atom is 0.0885 e. The van der Waals surface area contributed by atoms with Crippen LogP contribution in [0.5, 0.6) is 0 Å². The lowest BCUT2D eigenvalue weighted by atomic mass is 9.92. The van der Waals surface area contributed by atoms with Gasteiger partial charge in [0.2, 0.25) is 0 Å². The predicted octanol–water partition coefficient (Wildman–Crippen LogP) is 4.42. The second-order valence-electron chi connectivity index (χ2n) is 4.52. The van der Waals surface area contributed by atoms with Crippen molar-refractivity contribution >= 4 is 0 Å². The van der Waals surface area contributed by atoms with E-state index in [1.54, 1.807) is 0 Å². The number of hydrogen-bond acceptors (Lipinski definition) is 1. The highest BCUT2D eigenvalue weighted by atomic mass is 16.3. The van der Waals surface area contributed by atoms with Gasteiger partial charge < -0.3 is 5.11 Å². The summed E-state index contributed by atoms with van der Waals surface area (Å²) in [5.41, 5.74) is 2.56. The van der Waals surface area contributed by atoms with Gasteiger partial charge in [-0.15, -0.1) is 0 Å². The Morgan fingerprint density at radius 3 is 2.75 bits per heavy atom. The minimum absolute atomic E-state index is 0.210. The van der Waals surface area contributed by atoms with E-state index in [1.165, 1.54) is 11.1 Å². The fraction of sp³-hybridized carbons (Fsp3) is 0.467. The van der Waals surface area contributed by atoms with Gasteiger partial charge in [0.15, 0.2) is 0 Å². The molecule has 0 aliphatic rings. The molecule has 1 N–H and O–H groups in total. The zero-order valence-corrected chi connectivity index (χ0v) is 10.4. The summed E-state index contributed by atoms with van der Waals surface area (Å²) < 4.78 is 0. The summed E-state index contributed by atoms with van der Waals surface area (Å²) in [6.45, 7) is 7.95. The second-order valence-corrected chi connectivity index (χ2v) is 4.52. The Balaban J connectivity index is 2.64. The van der Waals surface area contributed by atoms with E-state index in [-0.39, 0.29) is 5.92 Å². The van der Waals surface area contributed by atoms with Gasteiger partial charge in [-0.1, -0.05) is 56.2 Å². The summed E-state index contributed by atoms with van der Waals surface area (Å²) in [6, 6.07) is 8.47. The molecule has 0 aromatic heterocycles. The molecular weight excluding hydrogens is 196 g/mol. The van der Waals surface area contributed by atoms with Crippen LogP contribution in [0.2, 0.25) is 0 Å². The highest BCUT2D eigenvalue weighted by Crippen LogP contribution is 2.20. The van der Waals surface area contributed by atoms with Crippen LogP contribution in [0.4, 0.5) is 0 Å². The van der Waals surface area contributed by atoms with E-state index in [0.717, 1.165) is 25.7 Å². The van der Waals surface area contributed by atoms with E-state index in [9.17, 15) is 5.11 Å². The maximum absolute atomic E-state index is 9.57. The second kappa shape index (κ2) is 6.37. The summed E-state index contributed by atoms with van der Waals surface area (Å²) in [5, 5.41) is 9.57. The van der Waals surface area contributed by atoms with Crippen LogP contribution in [0.15, 0.2) is 36.6 Å². The Bertz CT molecular complexity index is 341. The Hall–Kier alpha value is -1.24. The number of benzene rings is 1. The topological polar surface area (TPSA) is 20.2 Å². The molecule has 0 saturated carbocycles. The Labute approximate surface area is 98.8 Å². The van der Waals surface area contributed by atoms with Crippen molar-refractivity contribution in [3.8, 4) is 0 Å². The van der Waals surface area contributed by atoms with Crippen LogP contribution in [0.1, 0.15) is 37.3 Å². The lowest BCUT2D eigenvalue weighted by Gasteiger charge is -2.15. The lowest BCUT2D eigenvalue weighted by Crippen LogP contribution is -2.07. The maximum atomic E-state index is 9.57. The van der Waals surface area contributed by atoms with Crippen molar-refractivity contribution in [1.29, 1.82) is 0 Å². The molecular formula is C15H22O. The smallest absolute Gasteiger partial charge is 0.0885 e. The first kappa shape index (κ1) is 12.8. The Morgan fingerprint density at radius 1 is 1.44 bits per heavy atom. The van der Waals surface area contributed by atoms with Gasteiger partial charge in [0.05, 0.1) is 5.76 Å². The summed E-state index contributed by atoms with van der Waals surface area (Å²) in [6.07, 6.45) is 4.24. The number of aliphatic hydroxyl groups is 1. The Morgan fingerprint density at radius 2 is 2.19 bits per heavy atom. The molecule has 0 aliphatic heterocycles. The first-order chi connectivity index (χ1) is 7.63. The van der Waals surface area contributed by atoms with E-state index in [2.05, 4.69) is 44.7 Å². The highest BCUT2D eigenvalue weighted by Gasteiger charge is 2.12. The van der Waals surface area contributed by atoms with Gasteiger partial charge in [0.25, 0.3) is 0 Å². The monoisotopic (exact) mass is 218 g/mol. The van der Waals surface area contributed by atoms with Gasteiger partial charge in [-0.3, -0.25) is 0 Å². The van der Waals surface area contributed by atoms with Gasteiger partial charge in [0, 0.05) is 5.92 Å². The van der Waals surface area contributed by atoms with E-state index >= 15 is 0 Å². The first-order valence-electron chi connectivity index (χ1n) is 6.06. The van der Waals surface area contributed by atoms with Gasteiger partial charge in [-0.25, -0.2) is 0 Å². The molecule has 1 atom stereocenters. The fourth-order valence-electron chi connectivity index (χ4n) is 1.96. The number of aryl methyl sites for hydroxylation is 1. The van der Waals surface area contributed by atoms with Crippen molar-refractivity contribution in [2.75, 3.05) is 0 Å². The average Bonchev–Trinajstić information content (AvgIpc) is 2.24. The predicted molar refractivity (Wildman–Crippen MR) is 69.7 cm³/mol. The van der Waals surface area contributed by atoms with Gasteiger partial charge in [-0.05, 0) is 25.3 Å². The van der Waals surface area contributed by atoms with E-state index in [0.29, 0.717) is 5.76 Å². The van der Waals surface area contributed by atoms with Crippen molar-refractivity contribution < 1.29 is 5.11 Å². The van der Waals surface area contributed by atoms with Crippen molar-refractivity contribution in [3.63, 3.8) is 0 Å². The summed E-state index contributed by atoms with van der Waals surface area (Å²) in [4.78, 5) is 0. The highest BCUT2D eigenvalue weighted by molar-refractivity contribution is 5.23. The molecule has 1 unspecified atom stereocenters. The minimum Gasteiger partial charge on any atom is -0.513 e. The fourth-order valence-corrected chi connectivity index (χ4v) is 1.96. The van der Waals surface area contributed by atoms with Crippen LogP contribution >= 0.6 is 0 Å². The van der Waals surface area contributed by atoms with E-state index in [1.807, 2.05) is 0 Å². The molecule has 0 heterocycles. The molecule has 16 heavy (non-hydrogen) atoms. The molecule has 0 bridgehead atoms. The van der Waals surface area contributed by atoms with Crippen LogP contribution in [0.25, 0.3) is 0 Å². The summed E-state index contributed by atoms with van der Waals surface area (Å²) >= 11 is 0. The quantitative estimate of drug-likeness (QED) is 0.701. The molecule has 0 saturated heterocycles. The molecule has 0 aliphatic carbocycles. The molecule has 0 fully saturated rings. The molecule has 88 valence electrons. The van der Waals surface area contributed by atoms with Crippen molar-refractivity contribution in [2.24, 2.45) is 5.92 Å². The minimum atomic E-state index is 0.210. The molecule has 1 heteroatoms. The van der Waals surface area contributed by atoms with Gasteiger partial charge in [-0.2, -0.15) is 0 Å². The molecule has 0 amide bonds. The first-order valence-corrected chi connectivity index (χ1v) is 6.06. The van der Waals surface area contributed by atoms with Crippen molar-refractivity contribution in [1.82, 2.24) is 0 Å². The lowest BCUT2D eigenvalue weighted by molar-refractivity contribution is 0.315. The van der Waals surface area contributed by atoms with Gasteiger partial charge in [0.1, 0.15) is 0 Å². The van der Waals surface area contributed by atoms with Crippen LogP contribution in [0, 0.1) is 12.8 Å². The normalized spacial score (nSPS) is 12.4. The van der Waals surface area contributed by atoms with Gasteiger partial charge >= 0.3 is 0 Å². The van der Waals surface area contributed by atoms with Crippen LogP contribution in [0.3, 0.4) is 0 Å². The molecule has 1 nitrogen and oxygen atoms in total. The van der Waals surface area contributed by atoms with E-state index < -0.39 is 0 Å². The van der Waals surface area contributed by atoms with Crippen LogP contribution in [-0.4, -0.2) is 5.11 Å². The summed E-state index contributed by atoms with van der Waals surface area (Å²) in [5.74, 6) is 0.539. The standard InChI is InChI=1S/C15H22O/c1-4-5-9-15(13(3)16)11-14-8-6-7-12(2)10-14/h6-8,10,15-16H,3-5,9,11H2,1-2H3. The molecule has 1 aromatic rings. The Kier molecular flexibility index (Phi) is 5.10. The zero-order chi connectivity index (χ0) is 12.0. The third-order valence-electron chi connectivity index (χ3n) is 2.94. The number of aliphatic hydroxyl groups excluding tert-OH is 1. The third-order valence-corrected chi connectivity index (χ3v) is 2.94. The van der Waals surface area contributed by atoms with Crippen molar-refractivity contribution in [2.45, 2.75) is 39.5 Å². The van der Waals surface area contributed by atoms with Crippen molar-refractivity contribution in [3.05, 3.63) is 47.7 Å². The molecule has 0 spiro atoms. The SMILES string of the molecule is C=C(O)C(CCCC)Cc1cccc(C)c1. The third kappa shape index (κ3) is 4.09. The van der Waals surface area contributed by atoms with Crippen LogP contribution in [-0.2, 0) is 6.42 Å². The number of allylic oxidation sites excluding steroid dienone is 1. The zero-order valence-electron chi connectivity index (χ0n) is 10.4. The largest absolute Gasteiger partial charge is 0.513 e. The van der Waals surface area contributed by atoms with Crippen LogP contribution < -0.4 is 0 Å². The van der Waals surface area contributed by atoms with E-state index in [4.69, 9.17) is 0 Å². The average molecular weight is 218 g/mol. The summed E-state index contributed by atoms with van der Waals surface area (Å²) in [7, 11) is 0. The molecule has 1 aromatic carbocycles. The number of unbranched alkanes of at least 4 members (excludes halogenated alkanes) is 1. The molecule has 0 radical (unpaired) electrons.